The molecule has 0 aliphatic heterocycles. The van der Waals surface area contributed by atoms with E-state index in [2.05, 4.69) is 0 Å². The zero-order chi connectivity index (χ0) is 14.7. The molecule has 0 heterocycles. The van der Waals surface area contributed by atoms with Gasteiger partial charge in [0.15, 0.2) is 0 Å². The molecule has 4 N–H and O–H groups in total. The molecule has 0 spiro atoms. The van der Waals surface area contributed by atoms with Crippen LogP contribution in [0, 0.1) is 11.3 Å². The largest absolute Gasteiger partial charge is 0.481 e. The van der Waals surface area contributed by atoms with Crippen molar-refractivity contribution in [3.63, 3.8) is 0 Å². The van der Waals surface area contributed by atoms with Crippen molar-refractivity contribution < 1.29 is 34.2 Å². The lowest BCUT2D eigenvalue weighted by atomic mass is 9.77. The number of rotatable bonds is 7. The summed E-state index contributed by atoms with van der Waals surface area (Å²) in [7, 11) is -4.72. The lowest BCUT2D eigenvalue weighted by Gasteiger charge is -2.36. The van der Waals surface area contributed by atoms with E-state index in [1.54, 1.807) is 0 Å². The highest BCUT2D eigenvalue weighted by atomic mass is 31.2. The molecule has 3 atom stereocenters. The molecule has 0 aromatic heterocycles. The number of aliphatic carboxylic acids is 2. The van der Waals surface area contributed by atoms with Crippen LogP contribution in [0.5, 0.6) is 0 Å². The van der Waals surface area contributed by atoms with Gasteiger partial charge in [0.1, 0.15) is 0 Å². The first-order valence-electron chi connectivity index (χ1n) is 5.47. The summed E-state index contributed by atoms with van der Waals surface area (Å²) < 4.78 is 11.5. The zero-order valence-electron chi connectivity index (χ0n) is 10.5. The van der Waals surface area contributed by atoms with Crippen molar-refractivity contribution in [2.45, 2.75) is 39.3 Å². The summed E-state index contributed by atoms with van der Waals surface area (Å²) in [6, 6.07) is 0. The van der Waals surface area contributed by atoms with Gasteiger partial charge in [-0.3, -0.25) is 14.2 Å². The van der Waals surface area contributed by atoms with Crippen molar-refractivity contribution in [2.75, 3.05) is 0 Å². The summed E-state index contributed by atoms with van der Waals surface area (Å²) in [6.07, 6.45) is -0.485. The fourth-order valence-corrected chi connectivity index (χ4v) is 4.01. The Labute approximate surface area is 105 Å². The van der Waals surface area contributed by atoms with Crippen LogP contribution in [-0.2, 0) is 14.2 Å². The maximum Gasteiger partial charge on any atom is 0.330 e. The third kappa shape index (κ3) is 3.80. The van der Waals surface area contributed by atoms with Crippen LogP contribution >= 0.6 is 7.60 Å². The smallest absolute Gasteiger partial charge is 0.330 e. The van der Waals surface area contributed by atoms with Crippen LogP contribution in [0.4, 0.5) is 0 Å². The quantitative estimate of drug-likeness (QED) is 0.515. The van der Waals surface area contributed by atoms with Crippen molar-refractivity contribution >= 4 is 19.5 Å². The summed E-state index contributed by atoms with van der Waals surface area (Å²) in [5.41, 5.74) is -3.18. The fourth-order valence-electron chi connectivity index (χ4n) is 2.20. The second kappa shape index (κ2) is 5.82. The molecule has 7 nitrogen and oxygen atoms in total. The highest BCUT2D eigenvalue weighted by molar-refractivity contribution is 7.52. The zero-order valence-corrected chi connectivity index (χ0v) is 11.4. The number of hydrogen-bond acceptors (Lipinski definition) is 3. The lowest BCUT2D eigenvalue weighted by molar-refractivity contribution is -0.150. The van der Waals surface area contributed by atoms with Gasteiger partial charge in [-0.1, -0.05) is 13.8 Å². The Kier molecular flexibility index (Phi) is 5.53. The van der Waals surface area contributed by atoms with Crippen LogP contribution in [-0.4, -0.2) is 37.6 Å². The van der Waals surface area contributed by atoms with E-state index in [1.807, 2.05) is 0 Å². The maximum atomic E-state index is 11.5. The summed E-state index contributed by atoms with van der Waals surface area (Å²) in [5, 5.41) is 17.8. The number of carboxylic acids is 2. The molecule has 8 heteroatoms. The van der Waals surface area contributed by atoms with Gasteiger partial charge in [-0.25, -0.2) is 0 Å². The summed E-state index contributed by atoms with van der Waals surface area (Å²) in [6.45, 7) is 4.08. The molecule has 0 saturated carbocycles. The van der Waals surface area contributed by atoms with E-state index in [0.29, 0.717) is 0 Å². The van der Waals surface area contributed by atoms with Crippen LogP contribution in [0.2, 0.25) is 0 Å². The van der Waals surface area contributed by atoms with E-state index in [1.165, 1.54) is 20.8 Å². The predicted octanol–water partition coefficient (Wildman–Crippen LogP) is 1.14. The minimum atomic E-state index is -4.72. The van der Waals surface area contributed by atoms with Crippen molar-refractivity contribution in [1.29, 1.82) is 0 Å². The van der Waals surface area contributed by atoms with E-state index in [-0.39, 0.29) is 6.42 Å². The molecule has 0 aromatic carbocycles. The van der Waals surface area contributed by atoms with E-state index in [4.69, 9.17) is 10.2 Å². The first kappa shape index (κ1) is 17.1. The minimum absolute atomic E-state index is 0.00205. The molecule has 0 amide bonds. The first-order chi connectivity index (χ1) is 7.96. The third-order valence-corrected chi connectivity index (χ3v) is 5.08. The topological polar surface area (TPSA) is 132 Å². The minimum Gasteiger partial charge on any atom is -0.481 e. The van der Waals surface area contributed by atoms with Gasteiger partial charge in [-0.15, -0.1) is 0 Å². The first-order valence-corrected chi connectivity index (χ1v) is 7.15. The summed E-state index contributed by atoms with van der Waals surface area (Å²) >= 11 is 0. The van der Waals surface area contributed by atoms with Gasteiger partial charge in [0.05, 0.1) is 11.1 Å². The Bertz CT molecular complexity index is 374. The van der Waals surface area contributed by atoms with Gasteiger partial charge in [-0.2, -0.15) is 0 Å². The molecule has 0 rings (SSSR count). The summed E-state index contributed by atoms with van der Waals surface area (Å²) in [5.74, 6) is -3.50. The normalized spacial score (nSPS) is 18.7. The van der Waals surface area contributed by atoms with Crippen molar-refractivity contribution in [1.82, 2.24) is 0 Å². The van der Waals surface area contributed by atoms with E-state index in [9.17, 15) is 23.9 Å². The highest BCUT2D eigenvalue weighted by Crippen LogP contribution is 2.55. The molecule has 106 valence electrons. The average Bonchev–Trinajstić information content (AvgIpc) is 2.13. The average molecular weight is 282 g/mol. The maximum absolute atomic E-state index is 11.5. The fraction of sp³-hybridized carbons (Fsp3) is 0.800. The van der Waals surface area contributed by atoms with Crippen LogP contribution < -0.4 is 0 Å². The Morgan fingerprint density at radius 2 is 1.72 bits per heavy atom. The van der Waals surface area contributed by atoms with Gasteiger partial charge in [0, 0.05) is 6.42 Å². The van der Waals surface area contributed by atoms with Gasteiger partial charge < -0.3 is 20.0 Å². The molecule has 0 fully saturated rings. The van der Waals surface area contributed by atoms with Crippen molar-refractivity contribution in [3.8, 4) is 0 Å². The monoisotopic (exact) mass is 282 g/mol. The predicted molar refractivity (Wildman–Crippen MR) is 63.3 cm³/mol. The Morgan fingerprint density at radius 3 is 1.94 bits per heavy atom. The van der Waals surface area contributed by atoms with Gasteiger partial charge in [0.25, 0.3) is 0 Å². The van der Waals surface area contributed by atoms with Crippen LogP contribution in [0.3, 0.4) is 0 Å². The van der Waals surface area contributed by atoms with Crippen molar-refractivity contribution in [2.24, 2.45) is 11.3 Å². The van der Waals surface area contributed by atoms with Crippen LogP contribution in [0.25, 0.3) is 0 Å². The molecule has 0 aliphatic carbocycles. The molecule has 0 aromatic rings. The molecule has 18 heavy (non-hydrogen) atoms. The van der Waals surface area contributed by atoms with E-state index < -0.39 is 42.9 Å². The second-order valence-electron chi connectivity index (χ2n) is 4.69. The Balaban J connectivity index is 5.56. The highest BCUT2D eigenvalue weighted by Gasteiger charge is 2.51. The lowest BCUT2D eigenvalue weighted by Crippen LogP contribution is -2.43. The van der Waals surface area contributed by atoms with Gasteiger partial charge >= 0.3 is 19.5 Å². The van der Waals surface area contributed by atoms with Crippen LogP contribution in [0.1, 0.15) is 33.6 Å². The standard InChI is InChI=1S/C10H19O7P/c1-4-10(3,9(13)14)8(18(15,16)17)6(2)5-7(11)12/h6,8H,4-5H2,1-3H3,(H,11,12)(H,13,14)(H2,15,16,17). The molecular formula is C10H19O7P. The molecule has 3 unspecified atom stereocenters. The van der Waals surface area contributed by atoms with Crippen molar-refractivity contribution in [3.05, 3.63) is 0 Å². The SMILES string of the molecule is CCC(C)(C(=O)O)C(C(C)CC(=O)O)P(=O)(O)O. The van der Waals surface area contributed by atoms with E-state index >= 15 is 0 Å². The Hall–Kier alpha value is -0.910. The molecule has 0 saturated heterocycles. The molecular weight excluding hydrogens is 263 g/mol. The van der Waals surface area contributed by atoms with Crippen LogP contribution in [0.15, 0.2) is 0 Å². The Morgan fingerprint density at radius 1 is 1.28 bits per heavy atom. The third-order valence-electron chi connectivity index (χ3n) is 3.27. The van der Waals surface area contributed by atoms with E-state index in [0.717, 1.165) is 0 Å². The van der Waals surface area contributed by atoms with Gasteiger partial charge in [-0.05, 0) is 19.3 Å². The second-order valence-corrected chi connectivity index (χ2v) is 6.42. The number of hydrogen-bond donors (Lipinski definition) is 4. The molecule has 0 aliphatic rings. The van der Waals surface area contributed by atoms with Gasteiger partial charge in [0.2, 0.25) is 0 Å². The molecule has 0 radical (unpaired) electrons. The summed E-state index contributed by atoms with van der Waals surface area (Å²) in [4.78, 5) is 40.5. The number of carboxylic acid groups (broad SMARTS) is 2. The number of carbonyl (C=O) groups is 2. The molecule has 0 bridgehead atoms.